The van der Waals surface area contributed by atoms with Crippen LogP contribution in [0.15, 0.2) is 65.7 Å². The molecule has 31 heavy (non-hydrogen) atoms. The van der Waals surface area contributed by atoms with Crippen LogP contribution in [0.25, 0.3) is 0 Å². The van der Waals surface area contributed by atoms with Crippen LogP contribution < -0.4 is 10.0 Å². The lowest BCUT2D eigenvalue weighted by Crippen LogP contribution is -2.15. The topological polar surface area (TPSA) is 127 Å². The molecule has 0 aliphatic heterocycles. The smallest absolute Gasteiger partial charge is 0.270 e. The summed E-state index contributed by atoms with van der Waals surface area (Å²) in [5.41, 5.74) is 2.11. The maximum atomic E-state index is 12.6. The first-order valence-corrected chi connectivity index (χ1v) is 11.3. The molecule has 0 saturated heterocycles. The molecule has 4 rings (SSSR count). The fraction of sp³-hybridized carbons (Fsp3) is 0.238. The van der Waals surface area contributed by atoms with Crippen LogP contribution in [0.2, 0.25) is 0 Å². The molecular weight excluding hydrogens is 418 g/mol. The third-order valence-electron chi connectivity index (χ3n) is 5.06. The van der Waals surface area contributed by atoms with Crippen molar-refractivity contribution in [2.24, 2.45) is 0 Å². The van der Waals surface area contributed by atoms with E-state index < -0.39 is 14.9 Å². The van der Waals surface area contributed by atoms with E-state index >= 15 is 0 Å². The van der Waals surface area contributed by atoms with E-state index in [4.69, 9.17) is 0 Å². The van der Waals surface area contributed by atoms with E-state index in [1.807, 2.05) is 6.92 Å². The second-order valence-electron chi connectivity index (χ2n) is 7.43. The number of rotatable bonds is 8. The maximum absolute atomic E-state index is 12.6. The Morgan fingerprint density at radius 1 is 1.13 bits per heavy atom. The molecule has 2 N–H and O–H groups in total. The number of hydrogen-bond donors (Lipinski definition) is 2. The molecule has 1 aliphatic carbocycles. The third kappa shape index (κ3) is 4.97. The maximum Gasteiger partial charge on any atom is 0.270 e. The van der Waals surface area contributed by atoms with E-state index in [0.717, 1.165) is 11.6 Å². The van der Waals surface area contributed by atoms with Crippen LogP contribution in [0.5, 0.6) is 0 Å². The van der Waals surface area contributed by atoms with Crippen LogP contribution >= 0.6 is 0 Å². The summed E-state index contributed by atoms with van der Waals surface area (Å²) in [6, 6.07) is 14.6. The number of sulfonamides is 1. The Balaban J connectivity index is 1.47. The van der Waals surface area contributed by atoms with Gasteiger partial charge >= 0.3 is 0 Å². The number of anilines is 2. The SMILES string of the molecule is C[C@H](Nc1nccc(NS(=O)(=O)c2cccc([N+](=O)[O-])c2)n1)c1ccc(C2CC2)cc1. The minimum atomic E-state index is -4.05. The van der Waals surface area contributed by atoms with Crippen molar-refractivity contribution >= 4 is 27.5 Å². The fourth-order valence-electron chi connectivity index (χ4n) is 3.20. The first kappa shape index (κ1) is 20.7. The molecule has 3 aromatic rings. The van der Waals surface area contributed by atoms with Gasteiger partial charge in [0.15, 0.2) is 0 Å². The average molecular weight is 439 g/mol. The van der Waals surface area contributed by atoms with E-state index in [1.54, 1.807) is 0 Å². The molecule has 0 radical (unpaired) electrons. The first-order chi connectivity index (χ1) is 14.8. The van der Waals surface area contributed by atoms with Crippen molar-refractivity contribution in [3.63, 3.8) is 0 Å². The van der Waals surface area contributed by atoms with Crippen molar-refractivity contribution < 1.29 is 13.3 Å². The highest BCUT2D eigenvalue weighted by molar-refractivity contribution is 7.92. The molecule has 9 nitrogen and oxygen atoms in total. The van der Waals surface area contributed by atoms with Crippen LogP contribution in [-0.4, -0.2) is 23.3 Å². The number of nitro benzene ring substituents is 1. The normalized spacial score (nSPS) is 14.6. The zero-order chi connectivity index (χ0) is 22.0. The summed E-state index contributed by atoms with van der Waals surface area (Å²) >= 11 is 0. The standard InChI is InChI=1S/C21H21N5O4S/c1-14(15-5-7-16(8-6-15)17-9-10-17)23-21-22-12-11-20(24-21)25-31(29,30)19-4-2-3-18(13-19)26(27)28/h2-8,11-14,17H,9-10H2,1H3,(H2,22,23,24,25)/t14-/m0/s1. The van der Waals surface area contributed by atoms with Crippen LogP contribution in [-0.2, 0) is 10.0 Å². The fourth-order valence-corrected chi connectivity index (χ4v) is 4.24. The van der Waals surface area contributed by atoms with Crippen LogP contribution in [0, 0.1) is 10.1 Å². The van der Waals surface area contributed by atoms with Crippen molar-refractivity contribution in [3.8, 4) is 0 Å². The predicted octanol–water partition coefficient (Wildman–Crippen LogP) is 4.24. The van der Waals surface area contributed by atoms with Crippen LogP contribution in [0.4, 0.5) is 17.5 Å². The molecule has 2 aromatic carbocycles. The number of nitrogens with one attached hydrogen (secondary N) is 2. The van der Waals surface area contributed by atoms with E-state index in [1.165, 1.54) is 48.9 Å². The summed E-state index contributed by atoms with van der Waals surface area (Å²) in [6.07, 6.45) is 3.93. The number of aromatic nitrogens is 2. The Hall–Kier alpha value is -3.53. The van der Waals surface area contributed by atoms with Crippen molar-refractivity contribution in [1.29, 1.82) is 0 Å². The van der Waals surface area contributed by atoms with Gasteiger partial charge in [-0.25, -0.2) is 13.4 Å². The number of non-ortho nitro benzene ring substituents is 1. The summed E-state index contributed by atoms with van der Waals surface area (Å²) < 4.78 is 27.6. The van der Waals surface area contributed by atoms with Crippen molar-refractivity contribution in [1.82, 2.24) is 9.97 Å². The molecule has 160 valence electrons. The van der Waals surface area contributed by atoms with Gasteiger partial charge < -0.3 is 5.32 Å². The molecule has 0 amide bonds. The average Bonchev–Trinajstić information content (AvgIpc) is 3.59. The quantitative estimate of drug-likeness (QED) is 0.397. The largest absolute Gasteiger partial charge is 0.348 e. The monoisotopic (exact) mass is 439 g/mol. The minimum Gasteiger partial charge on any atom is -0.348 e. The molecule has 10 heteroatoms. The zero-order valence-corrected chi connectivity index (χ0v) is 17.5. The zero-order valence-electron chi connectivity index (χ0n) is 16.7. The second-order valence-corrected chi connectivity index (χ2v) is 9.11. The first-order valence-electron chi connectivity index (χ1n) is 9.78. The third-order valence-corrected chi connectivity index (χ3v) is 6.42. The van der Waals surface area contributed by atoms with Crippen LogP contribution in [0.1, 0.15) is 42.9 Å². The molecule has 0 bridgehead atoms. The summed E-state index contributed by atoms with van der Waals surface area (Å²) in [6.45, 7) is 1.97. The highest BCUT2D eigenvalue weighted by atomic mass is 32.2. The molecular formula is C21H21N5O4S. The lowest BCUT2D eigenvalue weighted by atomic mass is 10.0. The number of nitrogens with zero attached hydrogens (tertiary/aromatic N) is 3. The summed E-state index contributed by atoms with van der Waals surface area (Å²) in [5.74, 6) is 1.01. The Morgan fingerprint density at radius 3 is 2.55 bits per heavy atom. The van der Waals surface area contributed by atoms with Crippen LogP contribution in [0.3, 0.4) is 0 Å². The van der Waals surface area contributed by atoms with E-state index in [-0.39, 0.29) is 28.4 Å². The van der Waals surface area contributed by atoms with Gasteiger partial charge in [-0.15, -0.1) is 0 Å². The number of nitro groups is 1. The van der Waals surface area contributed by atoms with Gasteiger partial charge in [0.05, 0.1) is 15.9 Å². The van der Waals surface area contributed by atoms with Gasteiger partial charge in [-0.3, -0.25) is 14.8 Å². The Labute approximate surface area is 179 Å². The summed E-state index contributed by atoms with van der Waals surface area (Å²) in [4.78, 5) is 18.4. The minimum absolute atomic E-state index is 0.0558. The Morgan fingerprint density at radius 2 is 1.87 bits per heavy atom. The van der Waals surface area contributed by atoms with Gasteiger partial charge in [-0.2, -0.15) is 4.98 Å². The number of hydrogen-bond acceptors (Lipinski definition) is 7. The molecule has 1 saturated carbocycles. The molecule has 1 aliphatic rings. The van der Waals surface area contributed by atoms with Gasteiger partial charge in [0, 0.05) is 18.3 Å². The van der Waals surface area contributed by atoms with Gasteiger partial charge in [-0.1, -0.05) is 30.3 Å². The molecule has 0 unspecified atom stereocenters. The highest BCUT2D eigenvalue weighted by Gasteiger charge is 2.23. The number of benzene rings is 2. The van der Waals surface area contributed by atoms with Crippen molar-refractivity contribution in [2.45, 2.75) is 36.6 Å². The van der Waals surface area contributed by atoms with Gasteiger partial charge in [0.25, 0.3) is 15.7 Å². The molecule has 0 spiro atoms. The highest BCUT2D eigenvalue weighted by Crippen LogP contribution is 2.40. The lowest BCUT2D eigenvalue weighted by molar-refractivity contribution is -0.385. The van der Waals surface area contributed by atoms with Gasteiger partial charge in [0.2, 0.25) is 5.95 Å². The molecule has 1 heterocycles. The van der Waals surface area contributed by atoms with Gasteiger partial charge in [0.1, 0.15) is 5.82 Å². The van der Waals surface area contributed by atoms with E-state index in [2.05, 4.69) is 44.3 Å². The molecule has 1 fully saturated rings. The second kappa shape index (κ2) is 8.31. The predicted molar refractivity (Wildman–Crippen MR) is 116 cm³/mol. The van der Waals surface area contributed by atoms with E-state index in [0.29, 0.717) is 5.92 Å². The van der Waals surface area contributed by atoms with Crippen molar-refractivity contribution in [3.05, 3.63) is 82.0 Å². The Bertz CT molecular complexity index is 1210. The van der Waals surface area contributed by atoms with E-state index in [9.17, 15) is 18.5 Å². The summed E-state index contributed by atoms with van der Waals surface area (Å²) in [5, 5.41) is 14.1. The van der Waals surface area contributed by atoms with Crippen molar-refractivity contribution in [2.75, 3.05) is 10.0 Å². The van der Waals surface area contributed by atoms with Gasteiger partial charge in [-0.05, 0) is 48.9 Å². The Kier molecular flexibility index (Phi) is 5.55. The molecule has 1 aromatic heterocycles. The molecule has 1 atom stereocenters. The lowest BCUT2D eigenvalue weighted by Gasteiger charge is -2.15. The summed E-state index contributed by atoms with van der Waals surface area (Å²) in [7, 11) is -4.05.